The quantitative estimate of drug-likeness (QED) is 0.516. The maximum atomic E-state index is 5.61. The van der Waals surface area contributed by atoms with Crippen LogP contribution in [0.2, 0.25) is 0 Å². The average molecular weight is 216 g/mol. The van der Waals surface area contributed by atoms with Crippen LogP contribution in [0.3, 0.4) is 0 Å². The number of benzene rings is 1. The largest absolute Gasteiger partial charge is 0.496 e. The number of para-hydroxylation sites is 1. The van der Waals surface area contributed by atoms with E-state index in [1.54, 1.807) is 7.11 Å². The Bertz CT molecular complexity index is 349. The molecule has 1 unspecified atom stereocenters. The Balaban J connectivity index is 2.75. The molecule has 1 aromatic rings. The highest BCUT2D eigenvalue weighted by molar-refractivity contribution is 5.39. The van der Waals surface area contributed by atoms with Gasteiger partial charge in [0.1, 0.15) is 5.75 Å². The maximum absolute atomic E-state index is 5.61. The molecule has 1 nitrogen and oxygen atoms in total. The maximum Gasteiger partial charge on any atom is 0.123 e. The van der Waals surface area contributed by atoms with Gasteiger partial charge in [-0.3, -0.25) is 0 Å². The van der Waals surface area contributed by atoms with Crippen molar-refractivity contribution in [3.63, 3.8) is 0 Å². The van der Waals surface area contributed by atoms with E-state index in [1.165, 1.54) is 19.3 Å². The molecule has 0 amide bonds. The average Bonchev–Trinajstić information content (AvgIpc) is 2.35. The van der Waals surface area contributed by atoms with E-state index in [0.29, 0.717) is 0 Å². The second kappa shape index (κ2) is 6.95. The molecule has 1 heteroatoms. The second-order valence-electron chi connectivity index (χ2n) is 3.96. The highest BCUT2D eigenvalue weighted by Crippen LogP contribution is 2.29. The number of methoxy groups -OCH3 is 1. The lowest BCUT2D eigenvalue weighted by molar-refractivity contribution is 0.407. The summed E-state index contributed by atoms with van der Waals surface area (Å²) in [5.74, 6) is 3.96. The molecule has 0 aliphatic carbocycles. The lowest BCUT2D eigenvalue weighted by atomic mass is 9.93. The Hall–Kier alpha value is -1.42. The number of hydrogen-bond acceptors (Lipinski definition) is 1. The van der Waals surface area contributed by atoms with Gasteiger partial charge in [-0.05, 0) is 12.5 Å². The summed E-state index contributed by atoms with van der Waals surface area (Å²) in [4.78, 5) is 0. The first-order valence-electron chi connectivity index (χ1n) is 5.92. The van der Waals surface area contributed by atoms with Gasteiger partial charge in [0.2, 0.25) is 0 Å². The summed E-state index contributed by atoms with van der Waals surface area (Å²) in [6.07, 6.45) is 10.3. The molecular weight excluding hydrogens is 196 g/mol. The fourth-order valence-electron chi connectivity index (χ4n) is 1.88. The highest BCUT2D eigenvalue weighted by atomic mass is 16.5. The molecule has 0 spiro atoms. The summed E-state index contributed by atoms with van der Waals surface area (Å²) < 4.78 is 5.34. The molecule has 0 aliphatic heterocycles. The molecule has 1 aromatic carbocycles. The van der Waals surface area contributed by atoms with Crippen molar-refractivity contribution in [1.29, 1.82) is 0 Å². The Labute approximate surface area is 98.8 Å². The van der Waals surface area contributed by atoms with Crippen molar-refractivity contribution in [2.45, 2.75) is 38.5 Å². The summed E-state index contributed by atoms with van der Waals surface area (Å²) in [6.45, 7) is 2.20. The third-order valence-corrected chi connectivity index (χ3v) is 2.81. The Kier molecular flexibility index (Phi) is 5.50. The SMILES string of the molecule is C#CC(CCCCC)c1ccccc1OC. The van der Waals surface area contributed by atoms with Gasteiger partial charge in [-0.15, -0.1) is 6.42 Å². The van der Waals surface area contributed by atoms with E-state index in [4.69, 9.17) is 11.2 Å². The Morgan fingerprint density at radius 1 is 1.31 bits per heavy atom. The van der Waals surface area contributed by atoms with E-state index < -0.39 is 0 Å². The third kappa shape index (κ3) is 3.31. The van der Waals surface area contributed by atoms with Crippen LogP contribution in [-0.2, 0) is 0 Å². The lowest BCUT2D eigenvalue weighted by Crippen LogP contribution is -1.99. The summed E-state index contributed by atoms with van der Waals surface area (Å²) in [7, 11) is 1.69. The minimum Gasteiger partial charge on any atom is -0.496 e. The van der Waals surface area contributed by atoms with Crippen LogP contribution in [0, 0.1) is 12.3 Å². The predicted octanol–water partition coefficient (Wildman–Crippen LogP) is 3.99. The first-order chi connectivity index (χ1) is 7.83. The van der Waals surface area contributed by atoms with Gasteiger partial charge in [-0.2, -0.15) is 0 Å². The van der Waals surface area contributed by atoms with Crippen LogP contribution in [0.5, 0.6) is 5.75 Å². The zero-order chi connectivity index (χ0) is 11.8. The van der Waals surface area contributed by atoms with Gasteiger partial charge < -0.3 is 4.74 Å². The Morgan fingerprint density at radius 2 is 2.06 bits per heavy atom. The van der Waals surface area contributed by atoms with Crippen molar-refractivity contribution in [2.75, 3.05) is 7.11 Å². The molecule has 16 heavy (non-hydrogen) atoms. The summed E-state index contributed by atoms with van der Waals surface area (Å²) in [5.41, 5.74) is 1.14. The van der Waals surface area contributed by atoms with E-state index in [9.17, 15) is 0 Å². The molecule has 0 fully saturated rings. The standard InChI is InChI=1S/C15H20O/c1-4-6-7-10-13(5-2)14-11-8-9-12-15(14)16-3/h2,8-9,11-13H,4,6-7,10H2,1,3H3. The molecule has 0 saturated carbocycles. The monoisotopic (exact) mass is 216 g/mol. The van der Waals surface area contributed by atoms with E-state index in [0.717, 1.165) is 17.7 Å². The van der Waals surface area contributed by atoms with Crippen LogP contribution in [0.1, 0.15) is 44.1 Å². The van der Waals surface area contributed by atoms with Crippen molar-refractivity contribution >= 4 is 0 Å². The molecule has 0 heterocycles. The zero-order valence-corrected chi connectivity index (χ0v) is 10.2. The summed E-state index contributed by atoms with van der Waals surface area (Å²) in [6, 6.07) is 8.03. The molecule has 0 aromatic heterocycles. The number of rotatable bonds is 6. The molecule has 1 rings (SSSR count). The Morgan fingerprint density at radius 3 is 2.69 bits per heavy atom. The van der Waals surface area contributed by atoms with E-state index >= 15 is 0 Å². The van der Waals surface area contributed by atoms with Gasteiger partial charge >= 0.3 is 0 Å². The molecule has 1 atom stereocenters. The number of unbranched alkanes of at least 4 members (excludes halogenated alkanes) is 2. The normalized spacial score (nSPS) is 11.8. The van der Waals surface area contributed by atoms with Crippen LogP contribution in [0.15, 0.2) is 24.3 Å². The van der Waals surface area contributed by atoms with Gasteiger partial charge in [0.05, 0.1) is 7.11 Å². The van der Waals surface area contributed by atoms with Gasteiger partial charge in [0, 0.05) is 11.5 Å². The lowest BCUT2D eigenvalue weighted by Gasteiger charge is -2.14. The van der Waals surface area contributed by atoms with Gasteiger partial charge in [0.15, 0.2) is 0 Å². The first kappa shape index (κ1) is 12.6. The minimum atomic E-state index is 0.183. The van der Waals surface area contributed by atoms with Gasteiger partial charge in [0.25, 0.3) is 0 Å². The van der Waals surface area contributed by atoms with Crippen LogP contribution in [0.4, 0.5) is 0 Å². The number of terminal acetylenes is 1. The van der Waals surface area contributed by atoms with Crippen LogP contribution < -0.4 is 4.74 Å². The predicted molar refractivity (Wildman–Crippen MR) is 68.7 cm³/mol. The van der Waals surface area contributed by atoms with Crippen LogP contribution >= 0.6 is 0 Å². The van der Waals surface area contributed by atoms with Crippen molar-refractivity contribution in [3.8, 4) is 18.1 Å². The number of ether oxygens (including phenoxy) is 1. The summed E-state index contributed by atoms with van der Waals surface area (Å²) in [5, 5.41) is 0. The van der Waals surface area contributed by atoms with Crippen LogP contribution in [0.25, 0.3) is 0 Å². The molecule has 86 valence electrons. The van der Waals surface area contributed by atoms with Crippen LogP contribution in [-0.4, -0.2) is 7.11 Å². The van der Waals surface area contributed by atoms with Gasteiger partial charge in [-0.1, -0.05) is 50.3 Å². The topological polar surface area (TPSA) is 9.23 Å². The smallest absolute Gasteiger partial charge is 0.123 e. The third-order valence-electron chi connectivity index (χ3n) is 2.81. The first-order valence-corrected chi connectivity index (χ1v) is 5.92. The van der Waals surface area contributed by atoms with E-state index in [1.807, 2.05) is 18.2 Å². The van der Waals surface area contributed by atoms with Crippen molar-refractivity contribution in [1.82, 2.24) is 0 Å². The van der Waals surface area contributed by atoms with Crippen molar-refractivity contribution in [2.24, 2.45) is 0 Å². The van der Waals surface area contributed by atoms with Crippen molar-refractivity contribution < 1.29 is 4.74 Å². The minimum absolute atomic E-state index is 0.183. The van der Waals surface area contributed by atoms with E-state index in [-0.39, 0.29) is 5.92 Å². The summed E-state index contributed by atoms with van der Waals surface area (Å²) >= 11 is 0. The highest BCUT2D eigenvalue weighted by Gasteiger charge is 2.12. The molecule has 0 aliphatic rings. The molecular formula is C15H20O. The molecule has 0 radical (unpaired) electrons. The fraction of sp³-hybridized carbons (Fsp3) is 0.467. The molecule has 0 N–H and O–H groups in total. The molecule has 0 bridgehead atoms. The zero-order valence-electron chi connectivity index (χ0n) is 10.2. The molecule has 0 saturated heterocycles. The van der Waals surface area contributed by atoms with Gasteiger partial charge in [-0.25, -0.2) is 0 Å². The number of hydrogen-bond donors (Lipinski definition) is 0. The fourth-order valence-corrected chi connectivity index (χ4v) is 1.88. The van der Waals surface area contributed by atoms with Crippen molar-refractivity contribution in [3.05, 3.63) is 29.8 Å². The second-order valence-corrected chi connectivity index (χ2v) is 3.96. The van der Waals surface area contributed by atoms with E-state index in [2.05, 4.69) is 18.9 Å².